The standard InChI is InChI=1S/C22H15ClN4O2S2/c1-12(31-22-27-26-20(29-22)14-7-9-15(23)10-8-14)18-24-19(28)17-16(11-30-21(17)25-18)13-5-3-2-4-6-13/h2-12H,1H3,(H,24,25,28). The first-order chi connectivity index (χ1) is 15.1. The lowest BCUT2D eigenvalue weighted by atomic mass is 10.1. The Morgan fingerprint density at radius 1 is 1.06 bits per heavy atom. The zero-order valence-corrected chi connectivity index (χ0v) is 18.6. The first kappa shape index (κ1) is 20.0. The molecule has 5 rings (SSSR count). The summed E-state index contributed by atoms with van der Waals surface area (Å²) < 4.78 is 5.76. The van der Waals surface area contributed by atoms with Crippen molar-refractivity contribution in [3.05, 3.63) is 81.2 Å². The van der Waals surface area contributed by atoms with E-state index in [0.717, 1.165) is 16.7 Å². The van der Waals surface area contributed by atoms with Crippen LogP contribution in [0.15, 0.2) is 74.4 Å². The van der Waals surface area contributed by atoms with Gasteiger partial charge in [0.15, 0.2) is 0 Å². The van der Waals surface area contributed by atoms with Gasteiger partial charge < -0.3 is 9.40 Å². The first-order valence-corrected chi connectivity index (χ1v) is 11.5. The van der Waals surface area contributed by atoms with Gasteiger partial charge in [-0.25, -0.2) is 4.98 Å². The predicted octanol–water partition coefficient (Wildman–Crippen LogP) is 6.21. The summed E-state index contributed by atoms with van der Waals surface area (Å²) in [6, 6.07) is 17.0. The molecule has 0 aliphatic rings. The number of aromatic nitrogens is 4. The molecule has 0 fully saturated rings. The second-order valence-electron chi connectivity index (χ2n) is 6.79. The second kappa shape index (κ2) is 8.30. The van der Waals surface area contributed by atoms with Crippen LogP contribution in [0.25, 0.3) is 32.8 Å². The van der Waals surface area contributed by atoms with Crippen LogP contribution < -0.4 is 5.56 Å². The largest absolute Gasteiger partial charge is 0.411 e. The number of hydrogen-bond acceptors (Lipinski definition) is 7. The van der Waals surface area contributed by atoms with Crippen molar-refractivity contribution in [2.45, 2.75) is 17.4 Å². The highest BCUT2D eigenvalue weighted by molar-refractivity contribution is 7.99. The molecule has 5 aromatic rings. The molecule has 1 unspecified atom stereocenters. The Bertz CT molecular complexity index is 1410. The summed E-state index contributed by atoms with van der Waals surface area (Å²) in [7, 11) is 0. The first-order valence-electron chi connectivity index (χ1n) is 9.41. The zero-order valence-electron chi connectivity index (χ0n) is 16.2. The van der Waals surface area contributed by atoms with E-state index in [1.165, 1.54) is 23.1 Å². The SMILES string of the molecule is CC(Sc1nnc(-c2ccc(Cl)cc2)o1)c1nc2scc(-c3ccccc3)c2c(=O)[nH]1. The molecule has 0 amide bonds. The van der Waals surface area contributed by atoms with Crippen LogP contribution in [0.1, 0.15) is 18.0 Å². The van der Waals surface area contributed by atoms with Crippen LogP contribution in [0.2, 0.25) is 5.02 Å². The molecular formula is C22H15ClN4O2S2. The summed E-state index contributed by atoms with van der Waals surface area (Å²) in [6.45, 7) is 1.94. The highest BCUT2D eigenvalue weighted by atomic mass is 35.5. The summed E-state index contributed by atoms with van der Waals surface area (Å²) in [6.07, 6.45) is 0. The molecule has 3 heterocycles. The Morgan fingerprint density at radius 2 is 1.84 bits per heavy atom. The minimum Gasteiger partial charge on any atom is -0.411 e. The van der Waals surface area contributed by atoms with Gasteiger partial charge in [0.2, 0.25) is 5.89 Å². The fourth-order valence-electron chi connectivity index (χ4n) is 3.16. The molecule has 0 saturated carbocycles. The maximum absolute atomic E-state index is 12.9. The molecule has 0 spiro atoms. The Morgan fingerprint density at radius 3 is 2.61 bits per heavy atom. The maximum Gasteiger partial charge on any atom is 0.277 e. The second-order valence-corrected chi connectivity index (χ2v) is 9.37. The molecule has 0 saturated heterocycles. The van der Waals surface area contributed by atoms with Gasteiger partial charge in [0.1, 0.15) is 10.7 Å². The summed E-state index contributed by atoms with van der Waals surface area (Å²) in [5, 5.41) is 11.6. The van der Waals surface area contributed by atoms with Crippen molar-refractivity contribution in [3.63, 3.8) is 0 Å². The zero-order chi connectivity index (χ0) is 21.4. The number of benzene rings is 2. The molecule has 1 N–H and O–H groups in total. The average molecular weight is 467 g/mol. The minimum absolute atomic E-state index is 0.153. The Labute approximate surface area is 190 Å². The van der Waals surface area contributed by atoms with Crippen molar-refractivity contribution < 1.29 is 4.42 Å². The molecule has 2 aromatic carbocycles. The minimum atomic E-state index is -0.183. The quantitative estimate of drug-likeness (QED) is 0.310. The Balaban J connectivity index is 1.41. The van der Waals surface area contributed by atoms with Gasteiger partial charge in [0.25, 0.3) is 10.8 Å². The highest BCUT2D eigenvalue weighted by Gasteiger charge is 2.19. The lowest BCUT2D eigenvalue weighted by Gasteiger charge is -2.07. The molecule has 0 bridgehead atoms. The van der Waals surface area contributed by atoms with Gasteiger partial charge >= 0.3 is 0 Å². The van der Waals surface area contributed by atoms with Crippen molar-refractivity contribution in [2.24, 2.45) is 0 Å². The van der Waals surface area contributed by atoms with E-state index in [-0.39, 0.29) is 10.8 Å². The van der Waals surface area contributed by atoms with Gasteiger partial charge in [-0.2, -0.15) is 0 Å². The van der Waals surface area contributed by atoms with Crippen LogP contribution in [0.4, 0.5) is 0 Å². The maximum atomic E-state index is 12.9. The third-order valence-electron chi connectivity index (χ3n) is 4.71. The van der Waals surface area contributed by atoms with Gasteiger partial charge in [-0.1, -0.05) is 53.7 Å². The Hall–Kier alpha value is -2.94. The Kier molecular flexibility index (Phi) is 5.35. The third-order valence-corrected chi connectivity index (χ3v) is 6.77. The van der Waals surface area contributed by atoms with Gasteiger partial charge in [-0.15, -0.1) is 21.5 Å². The fourth-order valence-corrected chi connectivity index (χ4v) is 4.98. The lowest BCUT2D eigenvalue weighted by molar-refractivity contribution is 0.465. The van der Waals surface area contributed by atoms with Gasteiger partial charge in [0.05, 0.1) is 10.6 Å². The molecule has 3 aromatic heterocycles. The van der Waals surface area contributed by atoms with E-state index in [1.54, 1.807) is 12.1 Å². The van der Waals surface area contributed by atoms with Crippen molar-refractivity contribution >= 4 is 44.9 Å². The van der Waals surface area contributed by atoms with Crippen LogP contribution in [0.3, 0.4) is 0 Å². The summed E-state index contributed by atoms with van der Waals surface area (Å²) >= 11 is 8.73. The van der Waals surface area contributed by atoms with Crippen molar-refractivity contribution in [2.75, 3.05) is 0 Å². The predicted molar refractivity (Wildman–Crippen MR) is 125 cm³/mol. The van der Waals surface area contributed by atoms with Crippen LogP contribution in [-0.4, -0.2) is 20.2 Å². The number of thioether (sulfide) groups is 1. The van der Waals surface area contributed by atoms with Crippen molar-refractivity contribution in [1.82, 2.24) is 20.2 Å². The van der Waals surface area contributed by atoms with Crippen LogP contribution in [0, 0.1) is 0 Å². The van der Waals surface area contributed by atoms with E-state index in [2.05, 4.69) is 15.2 Å². The average Bonchev–Trinajstić information content (AvgIpc) is 3.42. The molecule has 6 nitrogen and oxygen atoms in total. The molecule has 0 radical (unpaired) electrons. The van der Waals surface area contributed by atoms with Gasteiger partial charge in [0, 0.05) is 21.5 Å². The van der Waals surface area contributed by atoms with E-state index in [4.69, 9.17) is 21.0 Å². The summed E-state index contributed by atoms with van der Waals surface area (Å²) in [5.74, 6) is 0.976. The number of H-pyrrole nitrogens is 1. The van der Waals surface area contributed by atoms with E-state index in [1.807, 2.05) is 54.8 Å². The highest BCUT2D eigenvalue weighted by Crippen LogP contribution is 2.36. The molecule has 9 heteroatoms. The van der Waals surface area contributed by atoms with Gasteiger partial charge in [-0.3, -0.25) is 4.79 Å². The van der Waals surface area contributed by atoms with Crippen LogP contribution in [-0.2, 0) is 0 Å². The number of rotatable bonds is 5. The summed E-state index contributed by atoms with van der Waals surface area (Å²) in [5.41, 5.74) is 2.53. The van der Waals surface area contributed by atoms with Crippen LogP contribution in [0.5, 0.6) is 0 Å². The van der Waals surface area contributed by atoms with E-state index >= 15 is 0 Å². The van der Waals surface area contributed by atoms with Crippen LogP contribution >= 0.6 is 34.7 Å². The molecular weight excluding hydrogens is 452 g/mol. The summed E-state index contributed by atoms with van der Waals surface area (Å²) in [4.78, 5) is 21.2. The molecule has 0 aliphatic carbocycles. The molecule has 1 atom stereocenters. The van der Waals surface area contributed by atoms with E-state index < -0.39 is 0 Å². The van der Waals surface area contributed by atoms with E-state index in [9.17, 15) is 4.79 Å². The fraction of sp³-hybridized carbons (Fsp3) is 0.0909. The number of aromatic amines is 1. The third kappa shape index (κ3) is 4.01. The monoisotopic (exact) mass is 466 g/mol. The lowest BCUT2D eigenvalue weighted by Crippen LogP contribution is -2.12. The van der Waals surface area contributed by atoms with E-state index in [0.29, 0.717) is 32.2 Å². The number of nitrogens with one attached hydrogen (secondary N) is 1. The molecule has 0 aliphatic heterocycles. The molecule has 154 valence electrons. The number of thiophene rings is 1. The smallest absolute Gasteiger partial charge is 0.277 e. The number of nitrogens with zero attached hydrogens (tertiary/aromatic N) is 3. The van der Waals surface area contributed by atoms with Crippen molar-refractivity contribution in [1.29, 1.82) is 0 Å². The number of hydrogen-bond donors (Lipinski definition) is 1. The van der Waals surface area contributed by atoms with Crippen molar-refractivity contribution in [3.8, 4) is 22.6 Å². The number of fused-ring (bicyclic) bond motifs is 1. The number of halogens is 1. The normalized spacial score (nSPS) is 12.3. The molecule has 31 heavy (non-hydrogen) atoms. The van der Waals surface area contributed by atoms with Gasteiger partial charge in [-0.05, 0) is 36.8 Å². The topological polar surface area (TPSA) is 84.7 Å².